The van der Waals surface area contributed by atoms with Crippen LogP contribution < -0.4 is 11.5 Å². The van der Waals surface area contributed by atoms with Gasteiger partial charge in [-0.2, -0.15) is 0 Å². The van der Waals surface area contributed by atoms with Crippen LogP contribution in [0.1, 0.15) is 25.3 Å². The Balaban J connectivity index is 2.43. The molecule has 0 saturated heterocycles. The number of nitrogens with two attached hydrogens (primary N) is 2. The fourth-order valence-electron chi connectivity index (χ4n) is 1.73. The van der Waals surface area contributed by atoms with Gasteiger partial charge in [-0.1, -0.05) is 43.7 Å². The van der Waals surface area contributed by atoms with Gasteiger partial charge in [-0.15, -0.1) is 0 Å². The molecule has 5 heteroatoms. The van der Waals surface area contributed by atoms with E-state index >= 15 is 0 Å². The second-order valence-electron chi connectivity index (χ2n) is 4.72. The lowest BCUT2D eigenvalue weighted by atomic mass is 9.91. The quantitative estimate of drug-likeness (QED) is 0.630. The Kier molecular flexibility index (Phi) is 7.22. The molecule has 0 radical (unpaired) electrons. The van der Waals surface area contributed by atoms with Gasteiger partial charge in [-0.25, -0.2) is 0 Å². The third kappa shape index (κ3) is 4.92. The maximum atomic E-state index is 11.6. The molecule has 1 aromatic rings. The Morgan fingerprint density at radius 2 is 1.80 bits per heavy atom. The highest BCUT2D eigenvalue weighted by Crippen LogP contribution is 2.18. The Labute approximate surface area is 120 Å². The Hall–Kier alpha value is -1.43. The number of primary amides is 1. The Morgan fingerprint density at radius 3 is 2.40 bits per heavy atom. The molecule has 1 rings (SSSR count). The van der Waals surface area contributed by atoms with Crippen molar-refractivity contribution in [2.45, 2.75) is 25.3 Å². The molecule has 0 bridgehead atoms. The zero-order chi connectivity index (χ0) is 14.8. The SMILES string of the molecule is CCCCOCCOCC(N)(C(N)=O)c1ccccc1. The first-order chi connectivity index (χ1) is 9.61. The van der Waals surface area contributed by atoms with Crippen molar-refractivity contribution in [3.63, 3.8) is 0 Å². The summed E-state index contributed by atoms with van der Waals surface area (Å²) in [7, 11) is 0. The number of carbonyl (C=O) groups excluding carboxylic acids is 1. The summed E-state index contributed by atoms with van der Waals surface area (Å²) < 4.78 is 10.8. The van der Waals surface area contributed by atoms with Crippen molar-refractivity contribution >= 4 is 5.91 Å². The van der Waals surface area contributed by atoms with E-state index in [2.05, 4.69) is 6.92 Å². The highest BCUT2D eigenvalue weighted by atomic mass is 16.5. The molecule has 1 amide bonds. The van der Waals surface area contributed by atoms with Crippen molar-refractivity contribution in [3.8, 4) is 0 Å². The van der Waals surface area contributed by atoms with Crippen molar-refractivity contribution in [1.29, 1.82) is 0 Å². The van der Waals surface area contributed by atoms with Gasteiger partial charge in [0.2, 0.25) is 5.91 Å². The van der Waals surface area contributed by atoms with E-state index in [1.54, 1.807) is 12.1 Å². The lowest BCUT2D eigenvalue weighted by molar-refractivity contribution is -0.126. The third-order valence-electron chi connectivity index (χ3n) is 3.07. The van der Waals surface area contributed by atoms with Crippen LogP contribution in [0.2, 0.25) is 0 Å². The molecule has 5 nitrogen and oxygen atoms in total. The van der Waals surface area contributed by atoms with Crippen LogP contribution in [0.5, 0.6) is 0 Å². The molecule has 0 heterocycles. The molecule has 1 atom stereocenters. The lowest BCUT2D eigenvalue weighted by Crippen LogP contribution is -2.52. The predicted molar refractivity (Wildman–Crippen MR) is 78.0 cm³/mol. The maximum absolute atomic E-state index is 11.6. The van der Waals surface area contributed by atoms with Gasteiger partial charge in [-0.05, 0) is 12.0 Å². The highest BCUT2D eigenvalue weighted by molar-refractivity contribution is 5.86. The van der Waals surface area contributed by atoms with Crippen molar-refractivity contribution in [3.05, 3.63) is 35.9 Å². The van der Waals surface area contributed by atoms with Crippen LogP contribution >= 0.6 is 0 Å². The summed E-state index contributed by atoms with van der Waals surface area (Å²) in [5, 5.41) is 0. The monoisotopic (exact) mass is 280 g/mol. The first kappa shape index (κ1) is 16.6. The summed E-state index contributed by atoms with van der Waals surface area (Å²) in [5.74, 6) is -0.601. The Bertz CT molecular complexity index is 397. The molecule has 0 aromatic heterocycles. The van der Waals surface area contributed by atoms with Crippen LogP contribution in [0.25, 0.3) is 0 Å². The van der Waals surface area contributed by atoms with Crippen LogP contribution in [0, 0.1) is 0 Å². The summed E-state index contributed by atoms with van der Waals surface area (Å²) in [4.78, 5) is 11.6. The van der Waals surface area contributed by atoms with E-state index in [1.165, 1.54) is 0 Å². The van der Waals surface area contributed by atoms with Crippen LogP contribution in [-0.4, -0.2) is 32.3 Å². The summed E-state index contributed by atoms with van der Waals surface area (Å²) >= 11 is 0. The van der Waals surface area contributed by atoms with Crippen LogP contribution in [-0.2, 0) is 19.8 Å². The standard InChI is InChI=1S/C15H24N2O3/c1-2-3-9-19-10-11-20-12-15(17,14(16)18)13-7-5-4-6-8-13/h4-8H,2-3,9-12,17H2,1H3,(H2,16,18). The molecular weight excluding hydrogens is 256 g/mol. The maximum Gasteiger partial charge on any atom is 0.244 e. The van der Waals surface area contributed by atoms with Gasteiger partial charge < -0.3 is 20.9 Å². The van der Waals surface area contributed by atoms with Crippen molar-refractivity contribution < 1.29 is 14.3 Å². The van der Waals surface area contributed by atoms with E-state index in [4.69, 9.17) is 20.9 Å². The fourth-order valence-corrected chi connectivity index (χ4v) is 1.73. The predicted octanol–water partition coefficient (Wildman–Crippen LogP) is 1.16. The van der Waals surface area contributed by atoms with E-state index in [0.717, 1.165) is 19.4 Å². The number of carbonyl (C=O) groups is 1. The third-order valence-corrected chi connectivity index (χ3v) is 3.07. The number of ether oxygens (including phenoxy) is 2. The van der Waals surface area contributed by atoms with E-state index in [0.29, 0.717) is 18.8 Å². The van der Waals surface area contributed by atoms with Gasteiger partial charge in [-0.3, -0.25) is 4.79 Å². The normalized spacial score (nSPS) is 13.9. The van der Waals surface area contributed by atoms with E-state index in [-0.39, 0.29) is 6.61 Å². The van der Waals surface area contributed by atoms with Gasteiger partial charge >= 0.3 is 0 Å². The van der Waals surface area contributed by atoms with Crippen LogP contribution in [0.4, 0.5) is 0 Å². The fraction of sp³-hybridized carbons (Fsp3) is 0.533. The molecule has 112 valence electrons. The zero-order valence-electron chi connectivity index (χ0n) is 12.0. The van der Waals surface area contributed by atoms with Crippen molar-refractivity contribution in [2.24, 2.45) is 11.5 Å². The van der Waals surface area contributed by atoms with E-state index in [9.17, 15) is 4.79 Å². The van der Waals surface area contributed by atoms with Gasteiger partial charge in [0.05, 0.1) is 19.8 Å². The zero-order valence-corrected chi connectivity index (χ0v) is 12.0. The molecular formula is C15H24N2O3. The molecule has 0 aliphatic rings. The van der Waals surface area contributed by atoms with Crippen LogP contribution in [0.15, 0.2) is 30.3 Å². The molecule has 0 spiro atoms. The van der Waals surface area contributed by atoms with Gasteiger partial charge in [0, 0.05) is 6.61 Å². The van der Waals surface area contributed by atoms with E-state index in [1.807, 2.05) is 18.2 Å². The molecule has 0 aliphatic carbocycles. The summed E-state index contributed by atoms with van der Waals surface area (Å²) in [6.45, 7) is 3.76. The number of hydrogen-bond acceptors (Lipinski definition) is 4. The minimum Gasteiger partial charge on any atom is -0.379 e. The largest absolute Gasteiger partial charge is 0.379 e. The van der Waals surface area contributed by atoms with Gasteiger partial charge in [0.25, 0.3) is 0 Å². The number of benzene rings is 1. The molecule has 1 aromatic carbocycles. The number of amides is 1. The number of unbranched alkanes of at least 4 members (excludes halogenated alkanes) is 1. The first-order valence-corrected chi connectivity index (χ1v) is 6.91. The van der Waals surface area contributed by atoms with Gasteiger partial charge in [0.1, 0.15) is 5.54 Å². The summed E-state index contributed by atoms with van der Waals surface area (Å²) in [6.07, 6.45) is 2.13. The minimum atomic E-state index is -1.30. The second-order valence-corrected chi connectivity index (χ2v) is 4.72. The minimum absolute atomic E-state index is 0.0451. The molecule has 20 heavy (non-hydrogen) atoms. The average molecular weight is 280 g/mol. The van der Waals surface area contributed by atoms with Crippen molar-refractivity contribution in [2.75, 3.05) is 26.4 Å². The summed E-state index contributed by atoms with van der Waals surface area (Å²) in [5.41, 5.74) is 10.8. The molecule has 4 N–H and O–H groups in total. The topological polar surface area (TPSA) is 87.6 Å². The second kappa shape index (κ2) is 8.68. The molecule has 0 saturated carbocycles. The highest BCUT2D eigenvalue weighted by Gasteiger charge is 2.34. The van der Waals surface area contributed by atoms with Crippen molar-refractivity contribution in [1.82, 2.24) is 0 Å². The molecule has 1 unspecified atom stereocenters. The molecule has 0 fully saturated rings. The number of rotatable bonds is 10. The van der Waals surface area contributed by atoms with Crippen LogP contribution in [0.3, 0.4) is 0 Å². The van der Waals surface area contributed by atoms with E-state index < -0.39 is 11.4 Å². The smallest absolute Gasteiger partial charge is 0.244 e. The lowest BCUT2D eigenvalue weighted by Gasteiger charge is -2.26. The Morgan fingerprint density at radius 1 is 1.15 bits per heavy atom. The number of hydrogen-bond donors (Lipinski definition) is 2. The summed E-state index contributed by atoms with van der Waals surface area (Å²) in [6, 6.07) is 9.02. The first-order valence-electron chi connectivity index (χ1n) is 6.91. The molecule has 0 aliphatic heterocycles. The average Bonchev–Trinajstić information content (AvgIpc) is 2.46. The van der Waals surface area contributed by atoms with Gasteiger partial charge in [0.15, 0.2) is 0 Å².